The summed E-state index contributed by atoms with van der Waals surface area (Å²) in [5.41, 5.74) is 1.80. The maximum Gasteiger partial charge on any atom is 0.168 e. The van der Waals surface area contributed by atoms with Gasteiger partial charge in [0.2, 0.25) is 0 Å². The maximum absolute atomic E-state index is 14.2. The summed E-state index contributed by atoms with van der Waals surface area (Å²) in [6, 6.07) is 3.80. The second-order valence-corrected chi connectivity index (χ2v) is 5.80. The molecule has 2 aliphatic carbocycles. The van der Waals surface area contributed by atoms with Crippen LogP contribution in [0.1, 0.15) is 43.2 Å². The summed E-state index contributed by atoms with van der Waals surface area (Å²) in [5, 5.41) is 0. The molecule has 0 atom stereocenters. The lowest BCUT2D eigenvalue weighted by atomic mass is 9.96. The first-order valence-corrected chi connectivity index (χ1v) is 7.35. The van der Waals surface area contributed by atoms with Crippen LogP contribution in [-0.2, 0) is 6.42 Å². The number of ether oxygens (including phenoxy) is 1. The van der Waals surface area contributed by atoms with Crippen molar-refractivity contribution < 1.29 is 9.13 Å². The Balaban J connectivity index is 1.68. The van der Waals surface area contributed by atoms with Crippen molar-refractivity contribution in [1.29, 1.82) is 0 Å². The summed E-state index contributed by atoms with van der Waals surface area (Å²) in [5.74, 6) is 1.03. The van der Waals surface area contributed by atoms with Crippen LogP contribution in [0.2, 0.25) is 0 Å². The van der Waals surface area contributed by atoms with Gasteiger partial charge in [0, 0.05) is 0 Å². The van der Waals surface area contributed by atoms with Crippen LogP contribution in [0.15, 0.2) is 24.3 Å². The van der Waals surface area contributed by atoms with Crippen molar-refractivity contribution in [1.82, 2.24) is 0 Å². The highest BCUT2D eigenvalue weighted by atomic mass is 19.1. The van der Waals surface area contributed by atoms with Crippen LogP contribution in [0.25, 0.3) is 0 Å². The summed E-state index contributed by atoms with van der Waals surface area (Å²) in [6.45, 7) is 1.85. The first-order chi connectivity index (χ1) is 9.24. The number of rotatable bonds is 5. The van der Waals surface area contributed by atoms with E-state index in [9.17, 15) is 4.39 Å². The molecule has 0 amide bonds. The third kappa shape index (κ3) is 2.99. The van der Waals surface area contributed by atoms with Crippen molar-refractivity contribution in [3.05, 3.63) is 41.2 Å². The van der Waals surface area contributed by atoms with Crippen molar-refractivity contribution >= 4 is 0 Å². The molecule has 0 heterocycles. The molecule has 2 fully saturated rings. The number of hydrogen-bond acceptors (Lipinski definition) is 1. The molecule has 0 radical (unpaired) electrons. The van der Waals surface area contributed by atoms with E-state index in [1.807, 2.05) is 13.0 Å². The minimum Gasteiger partial charge on any atom is -0.487 e. The van der Waals surface area contributed by atoms with E-state index in [2.05, 4.69) is 12.2 Å². The first kappa shape index (κ1) is 12.7. The van der Waals surface area contributed by atoms with E-state index in [4.69, 9.17) is 4.74 Å². The Morgan fingerprint density at radius 1 is 1.26 bits per heavy atom. The van der Waals surface area contributed by atoms with Gasteiger partial charge in [-0.3, -0.25) is 0 Å². The smallest absolute Gasteiger partial charge is 0.168 e. The molecule has 1 nitrogen and oxygen atoms in total. The molecule has 2 heteroatoms. The van der Waals surface area contributed by atoms with Gasteiger partial charge in [-0.25, -0.2) is 4.39 Å². The average molecular weight is 260 g/mol. The third-order valence-corrected chi connectivity index (χ3v) is 4.18. The molecule has 1 aromatic carbocycles. The zero-order valence-electron chi connectivity index (χ0n) is 11.5. The summed E-state index contributed by atoms with van der Waals surface area (Å²) in [4.78, 5) is 0. The standard InChI is InChI=1S/C17H21FO/c1-12-14(5-2-4-13-8-9-13)10-11-16(17(12)18)19-15-6-3-7-15/h2,4,10-11,13,15H,3,5-9H2,1H3/b4-2+. The Morgan fingerprint density at radius 2 is 2.05 bits per heavy atom. The predicted molar refractivity (Wildman–Crippen MR) is 75.0 cm³/mol. The maximum atomic E-state index is 14.2. The Morgan fingerprint density at radius 3 is 2.68 bits per heavy atom. The second-order valence-electron chi connectivity index (χ2n) is 5.80. The van der Waals surface area contributed by atoms with Crippen LogP contribution in [0, 0.1) is 18.7 Å². The predicted octanol–water partition coefficient (Wildman–Crippen LogP) is 4.57. The van der Waals surface area contributed by atoms with Crippen LogP contribution in [0.3, 0.4) is 0 Å². The van der Waals surface area contributed by atoms with E-state index in [0.29, 0.717) is 5.75 Å². The summed E-state index contributed by atoms with van der Waals surface area (Å²) >= 11 is 0. The zero-order valence-corrected chi connectivity index (χ0v) is 11.5. The molecule has 19 heavy (non-hydrogen) atoms. The molecule has 3 rings (SSSR count). The fourth-order valence-corrected chi connectivity index (χ4v) is 2.36. The van der Waals surface area contributed by atoms with Crippen molar-refractivity contribution in [2.75, 3.05) is 0 Å². The molecule has 0 unspecified atom stereocenters. The summed E-state index contributed by atoms with van der Waals surface area (Å²) < 4.78 is 19.9. The monoisotopic (exact) mass is 260 g/mol. The number of allylic oxidation sites excluding steroid dienone is 2. The van der Waals surface area contributed by atoms with Gasteiger partial charge in [-0.05, 0) is 68.6 Å². The van der Waals surface area contributed by atoms with E-state index in [-0.39, 0.29) is 11.9 Å². The molecule has 0 bridgehead atoms. The molecule has 102 valence electrons. The number of benzene rings is 1. The molecule has 0 spiro atoms. The van der Waals surface area contributed by atoms with Crippen LogP contribution < -0.4 is 4.74 Å². The second kappa shape index (κ2) is 5.36. The van der Waals surface area contributed by atoms with Gasteiger partial charge in [-0.1, -0.05) is 18.2 Å². The third-order valence-electron chi connectivity index (χ3n) is 4.18. The van der Waals surface area contributed by atoms with E-state index in [1.165, 1.54) is 19.3 Å². The van der Waals surface area contributed by atoms with E-state index >= 15 is 0 Å². The Kier molecular flexibility index (Phi) is 3.58. The highest BCUT2D eigenvalue weighted by Gasteiger charge is 2.21. The summed E-state index contributed by atoms with van der Waals surface area (Å²) in [7, 11) is 0. The number of halogens is 1. The van der Waals surface area contributed by atoms with Gasteiger partial charge in [0.05, 0.1) is 6.10 Å². The van der Waals surface area contributed by atoms with Crippen molar-refractivity contribution in [2.24, 2.45) is 5.92 Å². The quantitative estimate of drug-likeness (QED) is 0.704. The van der Waals surface area contributed by atoms with Gasteiger partial charge >= 0.3 is 0 Å². The van der Waals surface area contributed by atoms with Crippen LogP contribution in [-0.4, -0.2) is 6.10 Å². The van der Waals surface area contributed by atoms with Crippen LogP contribution in [0.4, 0.5) is 4.39 Å². The lowest BCUT2D eigenvalue weighted by Crippen LogP contribution is -2.25. The first-order valence-electron chi connectivity index (χ1n) is 7.35. The van der Waals surface area contributed by atoms with Gasteiger partial charge in [-0.15, -0.1) is 0 Å². The fourth-order valence-electron chi connectivity index (χ4n) is 2.36. The molecular weight excluding hydrogens is 239 g/mol. The lowest BCUT2D eigenvalue weighted by Gasteiger charge is -2.27. The molecule has 0 aromatic heterocycles. The lowest BCUT2D eigenvalue weighted by molar-refractivity contribution is 0.115. The molecule has 0 N–H and O–H groups in total. The van der Waals surface area contributed by atoms with E-state index in [1.54, 1.807) is 6.07 Å². The highest BCUT2D eigenvalue weighted by Crippen LogP contribution is 2.31. The van der Waals surface area contributed by atoms with E-state index in [0.717, 1.165) is 36.3 Å². The van der Waals surface area contributed by atoms with Crippen LogP contribution >= 0.6 is 0 Å². The largest absolute Gasteiger partial charge is 0.487 e. The van der Waals surface area contributed by atoms with Gasteiger partial charge in [-0.2, -0.15) is 0 Å². The normalized spacial score (nSPS) is 19.7. The Bertz CT molecular complexity index is 484. The van der Waals surface area contributed by atoms with Gasteiger partial charge in [0.1, 0.15) is 0 Å². The fraction of sp³-hybridized carbons (Fsp3) is 0.529. The molecule has 1 aromatic rings. The molecule has 0 saturated heterocycles. The minimum atomic E-state index is -0.177. The molecular formula is C17H21FO. The van der Waals surface area contributed by atoms with Crippen molar-refractivity contribution in [3.8, 4) is 5.75 Å². The van der Waals surface area contributed by atoms with Gasteiger partial charge in [0.25, 0.3) is 0 Å². The Hall–Kier alpha value is -1.31. The molecule has 2 saturated carbocycles. The van der Waals surface area contributed by atoms with Crippen LogP contribution in [0.5, 0.6) is 5.75 Å². The zero-order chi connectivity index (χ0) is 13.2. The average Bonchev–Trinajstić information content (AvgIpc) is 3.15. The van der Waals surface area contributed by atoms with Crippen molar-refractivity contribution in [2.45, 2.75) is 51.6 Å². The summed E-state index contributed by atoms with van der Waals surface area (Å²) in [6.07, 6.45) is 11.4. The molecule has 2 aliphatic rings. The van der Waals surface area contributed by atoms with Gasteiger partial charge in [0.15, 0.2) is 11.6 Å². The number of hydrogen-bond donors (Lipinski definition) is 0. The SMILES string of the molecule is Cc1c(C/C=C/C2CC2)ccc(OC2CCC2)c1F. The van der Waals surface area contributed by atoms with Gasteiger partial charge < -0.3 is 4.74 Å². The Labute approximate surface area is 114 Å². The highest BCUT2D eigenvalue weighted by molar-refractivity contribution is 5.38. The van der Waals surface area contributed by atoms with Crippen molar-refractivity contribution in [3.63, 3.8) is 0 Å². The topological polar surface area (TPSA) is 9.23 Å². The van der Waals surface area contributed by atoms with E-state index < -0.39 is 0 Å². The molecule has 0 aliphatic heterocycles. The minimum absolute atomic E-state index is 0.177.